The van der Waals surface area contributed by atoms with Crippen molar-refractivity contribution >= 4 is 29.5 Å². The van der Waals surface area contributed by atoms with E-state index in [2.05, 4.69) is 16.4 Å². The Morgan fingerprint density at radius 2 is 2.00 bits per heavy atom. The van der Waals surface area contributed by atoms with Crippen molar-refractivity contribution in [3.8, 4) is 0 Å². The number of nitrogens with one attached hydrogen (secondary N) is 1. The van der Waals surface area contributed by atoms with Crippen LogP contribution in [0.3, 0.4) is 0 Å². The van der Waals surface area contributed by atoms with Gasteiger partial charge in [-0.3, -0.25) is 10.3 Å². The molecule has 0 radical (unpaired) electrons. The lowest BCUT2D eigenvalue weighted by molar-refractivity contribution is -0.110. The van der Waals surface area contributed by atoms with Crippen molar-refractivity contribution in [3.63, 3.8) is 0 Å². The van der Waals surface area contributed by atoms with Gasteiger partial charge in [-0.15, -0.1) is 0 Å². The number of hydrogen-bond donors (Lipinski definition) is 1. The molecule has 1 aromatic heterocycles. The van der Waals surface area contributed by atoms with Crippen LogP contribution < -0.4 is 5.32 Å². The molecule has 1 N–H and O–H groups in total. The maximum absolute atomic E-state index is 11.2. The van der Waals surface area contributed by atoms with Gasteiger partial charge in [0.15, 0.2) is 0 Å². The van der Waals surface area contributed by atoms with Crippen LogP contribution in [-0.4, -0.2) is 17.3 Å². The minimum Gasteiger partial charge on any atom is -0.302 e. The molecule has 3 unspecified atom stereocenters. The van der Waals surface area contributed by atoms with Gasteiger partial charge in [0.05, 0.1) is 22.8 Å². The molecule has 22 heavy (non-hydrogen) atoms. The molecule has 1 aliphatic rings. The molecule has 0 spiro atoms. The van der Waals surface area contributed by atoms with E-state index in [0.717, 1.165) is 35.4 Å². The molecule has 0 aliphatic carbocycles. The zero-order valence-corrected chi connectivity index (χ0v) is 13.4. The summed E-state index contributed by atoms with van der Waals surface area (Å²) in [7, 11) is 0. The number of carbonyl (C=O) groups excluding carboxylic acids is 1. The van der Waals surface area contributed by atoms with Crippen LogP contribution >= 0.6 is 23.2 Å². The standard InChI is InChI=1S/C17H16Cl2N2O/c18-12-3-1-2-11(8-12)15-6-5-14(10-22)21-17(15)16-7-4-13(19)9-20-16/h1-4,7-10,14-15,17,21H,5-6H2. The quantitative estimate of drug-likeness (QED) is 0.856. The second-order valence-electron chi connectivity index (χ2n) is 5.53. The minimum absolute atomic E-state index is 0.0281. The maximum atomic E-state index is 11.2. The Hall–Kier alpha value is -1.42. The van der Waals surface area contributed by atoms with Crippen LogP contribution in [0.15, 0.2) is 42.6 Å². The number of benzene rings is 1. The van der Waals surface area contributed by atoms with Crippen molar-refractivity contribution < 1.29 is 4.79 Å². The average Bonchev–Trinajstić information content (AvgIpc) is 2.55. The highest BCUT2D eigenvalue weighted by molar-refractivity contribution is 6.30. The Balaban J connectivity index is 1.95. The van der Waals surface area contributed by atoms with E-state index in [0.29, 0.717) is 5.02 Å². The van der Waals surface area contributed by atoms with Gasteiger partial charge in [0.25, 0.3) is 0 Å². The van der Waals surface area contributed by atoms with E-state index in [9.17, 15) is 4.79 Å². The van der Waals surface area contributed by atoms with Gasteiger partial charge >= 0.3 is 0 Å². The molecule has 0 amide bonds. The molecule has 0 saturated carbocycles. The maximum Gasteiger partial charge on any atom is 0.136 e. The van der Waals surface area contributed by atoms with E-state index in [4.69, 9.17) is 23.2 Å². The number of piperidine rings is 1. The van der Waals surface area contributed by atoms with Crippen LogP contribution in [0.2, 0.25) is 10.0 Å². The average molecular weight is 335 g/mol. The van der Waals surface area contributed by atoms with E-state index in [1.807, 2.05) is 30.3 Å². The van der Waals surface area contributed by atoms with Gasteiger partial charge in [-0.05, 0) is 42.7 Å². The molecule has 0 bridgehead atoms. The number of pyridine rings is 1. The monoisotopic (exact) mass is 334 g/mol. The molecule has 1 aromatic carbocycles. The summed E-state index contributed by atoms with van der Waals surface area (Å²) in [5.41, 5.74) is 2.05. The van der Waals surface area contributed by atoms with Crippen LogP contribution in [0.5, 0.6) is 0 Å². The van der Waals surface area contributed by atoms with Crippen molar-refractivity contribution in [2.24, 2.45) is 0 Å². The molecule has 2 aromatic rings. The van der Waals surface area contributed by atoms with E-state index in [1.54, 1.807) is 6.20 Å². The predicted octanol–water partition coefficient (Wildman–Crippen LogP) is 4.16. The number of aromatic nitrogens is 1. The summed E-state index contributed by atoms with van der Waals surface area (Å²) in [5.74, 6) is 0.226. The Morgan fingerprint density at radius 1 is 1.14 bits per heavy atom. The first-order chi connectivity index (χ1) is 10.7. The highest BCUT2D eigenvalue weighted by Gasteiger charge is 2.32. The Kier molecular flexibility index (Phi) is 4.77. The summed E-state index contributed by atoms with van der Waals surface area (Å²) in [6.07, 6.45) is 4.33. The number of halogens is 2. The summed E-state index contributed by atoms with van der Waals surface area (Å²) in [6, 6.07) is 11.4. The summed E-state index contributed by atoms with van der Waals surface area (Å²) in [5, 5.41) is 4.71. The van der Waals surface area contributed by atoms with Gasteiger partial charge in [-0.1, -0.05) is 35.3 Å². The molecule has 1 fully saturated rings. The van der Waals surface area contributed by atoms with Crippen LogP contribution in [-0.2, 0) is 4.79 Å². The Bertz CT molecular complexity index is 660. The second kappa shape index (κ2) is 6.78. The fourth-order valence-electron chi connectivity index (χ4n) is 3.02. The lowest BCUT2D eigenvalue weighted by Gasteiger charge is -2.35. The Morgan fingerprint density at radius 3 is 2.68 bits per heavy atom. The first kappa shape index (κ1) is 15.5. The van der Waals surface area contributed by atoms with Crippen molar-refractivity contribution in [2.75, 3.05) is 0 Å². The zero-order valence-electron chi connectivity index (χ0n) is 11.9. The largest absolute Gasteiger partial charge is 0.302 e. The van der Waals surface area contributed by atoms with Crippen LogP contribution in [0.1, 0.15) is 36.1 Å². The highest BCUT2D eigenvalue weighted by atomic mass is 35.5. The van der Waals surface area contributed by atoms with Gasteiger partial charge < -0.3 is 4.79 Å². The normalized spacial score (nSPS) is 24.9. The SMILES string of the molecule is O=CC1CCC(c2cccc(Cl)c2)C(c2ccc(Cl)cn2)N1. The lowest BCUT2D eigenvalue weighted by Crippen LogP contribution is -2.42. The number of nitrogens with zero attached hydrogens (tertiary/aromatic N) is 1. The molecule has 1 aliphatic heterocycles. The number of aldehydes is 1. The summed E-state index contributed by atoms with van der Waals surface area (Å²) >= 11 is 12.0. The van der Waals surface area contributed by atoms with Crippen LogP contribution in [0, 0.1) is 0 Å². The smallest absolute Gasteiger partial charge is 0.136 e. The molecule has 1 saturated heterocycles. The summed E-state index contributed by atoms with van der Waals surface area (Å²) in [4.78, 5) is 15.6. The lowest BCUT2D eigenvalue weighted by atomic mass is 9.81. The van der Waals surface area contributed by atoms with Crippen molar-refractivity contribution in [3.05, 3.63) is 63.9 Å². The molecule has 3 atom stereocenters. The molecule has 5 heteroatoms. The first-order valence-corrected chi connectivity index (χ1v) is 8.01. The van der Waals surface area contributed by atoms with Crippen LogP contribution in [0.25, 0.3) is 0 Å². The molecular weight excluding hydrogens is 319 g/mol. The third-order valence-corrected chi connectivity index (χ3v) is 4.55. The number of hydrogen-bond acceptors (Lipinski definition) is 3. The van der Waals surface area contributed by atoms with E-state index < -0.39 is 0 Å². The van der Waals surface area contributed by atoms with Gasteiger partial charge in [0.1, 0.15) is 6.29 Å². The molecule has 2 heterocycles. The highest BCUT2D eigenvalue weighted by Crippen LogP contribution is 2.38. The second-order valence-corrected chi connectivity index (χ2v) is 6.40. The first-order valence-electron chi connectivity index (χ1n) is 7.25. The number of rotatable bonds is 3. The van der Waals surface area contributed by atoms with Gasteiger partial charge in [0, 0.05) is 17.1 Å². The van der Waals surface area contributed by atoms with Gasteiger partial charge in [0.2, 0.25) is 0 Å². The summed E-state index contributed by atoms with van der Waals surface area (Å²) in [6.45, 7) is 0. The molecule has 3 nitrogen and oxygen atoms in total. The number of carbonyl (C=O) groups is 1. The Labute approximate surface area is 139 Å². The zero-order chi connectivity index (χ0) is 15.5. The van der Waals surface area contributed by atoms with E-state index in [-0.39, 0.29) is 18.0 Å². The molecule has 114 valence electrons. The fourth-order valence-corrected chi connectivity index (χ4v) is 3.33. The van der Waals surface area contributed by atoms with Crippen molar-refractivity contribution in [1.82, 2.24) is 10.3 Å². The van der Waals surface area contributed by atoms with Crippen molar-refractivity contribution in [1.29, 1.82) is 0 Å². The topological polar surface area (TPSA) is 42.0 Å². The fraction of sp³-hybridized carbons (Fsp3) is 0.294. The van der Waals surface area contributed by atoms with Crippen LogP contribution in [0.4, 0.5) is 0 Å². The minimum atomic E-state index is -0.141. The van der Waals surface area contributed by atoms with Gasteiger partial charge in [-0.25, -0.2) is 0 Å². The van der Waals surface area contributed by atoms with E-state index >= 15 is 0 Å². The molecular formula is C17H16Cl2N2O. The van der Waals surface area contributed by atoms with Crippen molar-refractivity contribution in [2.45, 2.75) is 30.8 Å². The van der Waals surface area contributed by atoms with E-state index in [1.165, 1.54) is 0 Å². The summed E-state index contributed by atoms with van der Waals surface area (Å²) < 4.78 is 0. The molecule has 3 rings (SSSR count). The predicted molar refractivity (Wildman–Crippen MR) is 88.4 cm³/mol. The third kappa shape index (κ3) is 3.32. The third-order valence-electron chi connectivity index (χ3n) is 4.09. The van der Waals surface area contributed by atoms with Gasteiger partial charge in [-0.2, -0.15) is 0 Å².